The largest absolute Gasteiger partial charge is 0.468 e. The molecule has 2 unspecified atom stereocenters. The first kappa shape index (κ1) is 8.93. The summed E-state index contributed by atoms with van der Waals surface area (Å²) in [4.78, 5) is 11.2. The Kier molecular flexibility index (Phi) is 2.23. The van der Waals surface area contributed by atoms with Gasteiger partial charge in [-0.2, -0.15) is 0 Å². The van der Waals surface area contributed by atoms with Crippen molar-refractivity contribution in [3.05, 3.63) is 0 Å². The molecule has 5 nitrogen and oxygen atoms in total. The van der Waals surface area contributed by atoms with E-state index in [9.17, 15) is 4.79 Å². The predicted molar refractivity (Wildman–Crippen MR) is 45.1 cm³/mol. The lowest BCUT2D eigenvalue weighted by Gasteiger charge is -2.21. The molecule has 2 fully saturated rings. The maximum absolute atomic E-state index is 11.2. The van der Waals surface area contributed by atoms with Gasteiger partial charge >= 0.3 is 5.97 Å². The molecule has 74 valence electrons. The molecule has 13 heavy (non-hydrogen) atoms. The van der Waals surface area contributed by atoms with Gasteiger partial charge < -0.3 is 9.47 Å². The first-order valence-electron chi connectivity index (χ1n) is 4.46. The minimum absolute atomic E-state index is 0.214. The van der Waals surface area contributed by atoms with Crippen LogP contribution in [0.2, 0.25) is 0 Å². The molecule has 0 aromatic carbocycles. The molecule has 5 heteroatoms. The number of nitrogens with one attached hydrogen (secondary N) is 2. The van der Waals surface area contributed by atoms with Crippen molar-refractivity contribution in [1.82, 2.24) is 10.6 Å². The van der Waals surface area contributed by atoms with Crippen LogP contribution in [0.4, 0.5) is 0 Å². The predicted octanol–water partition coefficient (Wildman–Crippen LogP) is -1.16. The Bertz CT molecular complexity index is 213. The SMILES string of the molecule is COC(=O)C1CC2(CN1)NCCO2. The van der Waals surface area contributed by atoms with Crippen LogP contribution in [0, 0.1) is 0 Å². The second-order valence-electron chi connectivity index (χ2n) is 3.43. The molecular weight excluding hydrogens is 172 g/mol. The minimum atomic E-state index is -0.321. The maximum Gasteiger partial charge on any atom is 0.323 e. The first-order valence-corrected chi connectivity index (χ1v) is 4.46. The molecule has 2 atom stereocenters. The van der Waals surface area contributed by atoms with Crippen molar-refractivity contribution in [3.63, 3.8) is 0 Å². The fourth-order valence-corrected chi connectivity index (χ4v) is 1.89. The summed E-state index contributed by atoms with van der Waals surface area (Å²) < 4.78 is 10.2. The van der Waals surface area contributed by atoms with Crippen LogP contribution in [0.5, 0.6) is 0 Å². The Morgan fingerprint density at radius 1 is 1.69 bits per heavy atom. The Labute approximate surface area is 76.8 Å². The molecule has 2 heterocycles. The Morgan fingerprint density at radius 2 is 2.54 bits per heavy atom. The number of carbonyl (C=O) groups is 1. The van der Waals surface area contributed by atoms with Gasteiger partial charge in [-0.25, -0.2) is 0 Å². The third-order valence-corrected chi connectivity index (χ3v) is 2.58. The van der Waals surface area contributed by atoms with Crippen LogP contribution < -0.4 is 10.6 Å². The summed E-state index contributed by atoms with van der Waals surface area (Å²) in [5, 5.41) is 6.33. The fourth-order valence-electron chi connectivity index (χ4n) is 1.89. The van der Waals surface area contributed by atoms with Gasteiger partial charge in [-0.3, -0.25) is 15.4 Å². The molecule has 2 rings (SSSR count). The lowest BCUT2D eigenvalue weighted by atomic mass is 10.1. The fraction of sp³-hybridized carbons (Fsp3) is 0.875. The standard InChI is InChI=1S/C8H14N2O3/c1-12-7(11)6-4-8(5-9-6)10-2-3-13-8/h6,9-10H,2-5H2,1H3. The Hall–Kier alpha value is -0.650. The number of rotatable bonds is 1. The van der Waals surface area contributed by atoms with E-state index in [0.717, 1.165) is 13.2 Å². The highest BCUT2D eigenvalue weighted by Gasteiger charge is 2.45. The van der Waals surface area contributed by atoms with Crippen molar-refractivity contribution >= 4 is 5.97 Å². The topological polar surface area (TPSA) is 59.6 Å². The van der Waals surface area contributed by atoms with Crippen LogP contribution in [-0.2, 0) is 14.3 Å². The number of ether oxygens (including phenoxy) is 2. The van der Waals surface area contributed by atoms with E-state index in [1.165, 1.54) is 7.11 Å². The number of methoxy groups -OCH3 is 1. The summed E-state index contributed by atoms with van der Waals surface area (Å²) in [7, 11) is 1.40. The van der Waals surface area contributed by atoms with E-state index < -0.39 is 0 Å². The van der Waals surface area contributed by atoms with Crippen LogP contribution >= 0.6 is 0 Å². The summed E-state index contributed by atoms with van der Waals surface area (Å²) in [5.74, 6) is -0.214. The van der Waals surface area contributed by atoms with E-state index in [2.05, 4.69) is 15.4 Å². The molecule has 2 aliphatic heterocycles. The van der Waals surface area contributed by atoms with Crippen molar-refractivity contribution in [2.75, 3.05) is 26.8 Å². The highest BCUT2D eigenvalue weighted by atomic mass is 16.5. The van der Waals surface area contributed by atoms with Crippen molar-refractivity contribution in [2.45, 2.75) is 18.2 Å². The maximum atomic E-state index is 11.2. The second kappa shape index (κ2) is 3.25. The molecule has 2 aliphatic rings. The van der Waals surface area contributed by atoms with Crippen molar-refractivity contribution < 1.29 is 14.3 Å². The van der Waals surface area contributed by atoms with E-state index in [0.29, 0.717) is 13.0 Å². The number of hydrogen-bond donors (Lipinski definition) is 2. The van der Waals surface area contributed by atoms with Gasteiger partial charge in [-0.1, -0.05) is 0 Å². The number of hydrogen-bond acceptors (Lipinski definition) is 5. The van der Waals surface area contributed by atoms with Crippen LogP contribution in [-0.4, -0.2) is 44.5 Å². The lowest BCUT2D eigenvalue weighted by Crippen LogP contribution is -2.42. The zero-order valence-electron chi connectivity index (χ0n) is 7.63. The highest BCUT2D eigenvalue weighted by molar-refractivity contribution is 5.76. The molecule has 0 amide bonds. The van der Waals surface area contributed by atoms with Gasteiger partial charge in [-0.15, -0.1) is 0 Å². The van der Waals surface area contributed by atoms with E-state index >= 15 is 0 Å². The van der Waals surface area contributed by atoms with E-state index in [1.807, 2.05) is 0 Å². The molecule has 0 aromatic heterocycles. The van der Waals surface area contributed by atoms with Gasteiger partial charge in [0.05, 0.1) is 13.7 Å². The summed E-state index contributed by atoms with van der Waals surface area (Å²) in [5.41, 5.74) is -0.321. The highest BCUT2D eigenvalue weighted by Crippen LogP contribution is 2.24. The molecule has 0 aromatic rings. The number of esters is 1. The van der Waals surface area contributed by atoms with Gasteiger partial charge in [0, 0.05) is 19.5 Å². The summed E-state index contributed by atoms with van der Waals surface area (Å²) >= 11 is 0. The second-order valence-corrected chi connectivity index (χ2v) is 3.43. The molecule has 1 spiro atoms. The quantitative estimate of drug-likeness (QED) is 0.506. The molecule has 0 saturated carbocycles. The van der Waals surface area contributed by atoms with Crippen molar-refractivity contribution in [3.8, 4) is 0 Å². The Morgan fingerprint density at radius 3 is 3.15 bits per heavy atom. The molecule has 0 aliphatic carbocycles. The van der Waals surface area contributed by atoms with Crippen molar-refractivity contribution in [1.29, 1.82) is 0 Å². The average Bonchev–Trinajstić information content (AvgIpc) is 2.76. The first-order chi connectivity index (χ1) is 6.26. The lowest BCUT2D eigenvalue weighted by molar-refractivity contribution is -0.143. The monoisotopic (exact) mass is 186 g/mol. The van der Waals surface area contributed by atoms with Gasteiger partial charge in [-0.05, 0) is 0 Å². The smallest absolute Gasteiger partial charge is 0.323 e. The third kappa shape index (κ3) is 1.54. The van der Waals surface area contributed by atoms with Gasteiger partial charge in [0.15, 0.2) is 0 Å². The Balaban J connectivity index is 1.96. The number of carbonyl (C=O) groups excluding carboxylic acids is 1. The summed E-state index contributed by atoms with van der Waals surface area (Å²) in [6.07, 6.45) is 0.652. The average molecular weight is 186 g/mol. The normalized spacial score (nSPS) is 38.4. The van der Waals surface area contributed by atoms with Crippen molar-refractivity contribution in [2.24, 2.45) is 0 Å². The van der Waals surface area contributed by atoms with Crippen LogP contribution in [0.25, 0.3) is 0 Å². The molecule has 0 radical (unpaired) electrons. The van der Waals surface area contributed by atoms with Crippen LogP contribution in [0.1, 0.15) is 6.42 Å². The van der Waals surface area contributed by atoms with Crippen LogP contribution in [0.3, 0.4) is 0 Å². The summed E-state index contributed by atoms with van der Waals surface area (Å²) in [6, 6.07) is -0.226. The molecule has 2 saturated heterocycles. The zero-order chi connectivity index (χ0) is 9.31. The van der Waals surface area contributed by atoms with Gasteiger partial charge in [0.1, 0.15) is 11.8 Å². The third-order valence-electron chi connectivity index (χ3n) is 2.58. The van der Waals surface area contributed by atoms with E-state index in [-0.39, 0.29) is 17.7 Å². The molecular formula is C8H14N2O3. The molecule has 2 N–H and O–H groups in total. The van der Waals surface area contributed by atoms with Crippen LogP contribution in [0.15, 0.2) is 0 Å². The minimum Gasteiger partial charge on any atom is -0.468 e. The zero-order valence-corrected chi connectivity index (χ0v) is 7.63. The van der Waals surface area contributed by atoms with E-state index in [1.54, 1.807) is 0 Å². The molecule has 0 bridgehead atoms. The van der Waals surface area contributed by atoms with E-state index in [4.69, 9.17) is 4.74 Å². The summed E-state index contributed by atoms with van der Waals surface area (Å²) in [6.45, 7) is 2.25. The van der Waals surface area contributed by atoms with Gasteiger partial charge in [0.25, 0.3) is 0 Å². The van der Waals surface area contributed by atoms with Gasteiger partial charge in [0.2, 0.25) is 0 Å².